The molecule has 5 heteroatoms. The van der Waals surface area contributed by atoms with Crippen molar-refractivity contribution in [3.8, 4) is 0 Å². The van der Waals surface area contributed by atoms with E-state index in [9.17, 15) is 0 Å². The zero-order chi connectivity index (χ0) is 11.0. The first kappa shape index (κ1) is 11.2. The van der Waals surface area contributed by atoms with Gasteiger partial charge in [0.1, 0.15) is 10.1 Å². The molecule has 0 saturated heterocycles. The second-order valence-corrected chi connectivity index (χ2v) is 5.72. The molecule has 15 heavy (non-hydrogen) atoms. The standard InChI is InChI=1S/C10H9BrClNOS/c1-5-6(2-3-14-5)9(13)8-4-7(11)10(12)15-8/h2-4,9H,13H2,1H3. The van der Waals surface area contributed by atoms with E-state index in [-0.39, 0.29) is 6.04 Å². The Kier molecular flexibility index (Phi) is 3.21. The molecule has 80 valence electrons. The lowest BCUT2D eigenvalue weighted by Crippen LogP contribution is -2.10. The molecule has 0 bridgehead atoms. The van der Waals surface area contributed by atoms with Gasteiger partial charge >= 0.3 is 0 Å². The van der Waals surface area contributed by atoms with Crippen molar-refractivity contribution in [1.82, 2.24) is 0 Å². The third-order valence-electron chi connectivity index (χ3n) is 2.20. The molecule has 2 heterocycles. The maximum absolute atomic E-state index is 6.11. The van der Waals surface area contributed by atoms with E-state index in [0.29, 0.717) is 0 Å². The van der Waals surface area contributed by atoms with Crippen LogP contribution in [-0.4, -0.2) is 0 Å². The van der Waals surface area contributed by atoms with Crippen LogP contribution in [0.2, 0.25) is 4.34 Å². The van der Waals surface area contributed by atoms with Gasteiger partial charge in [-0.05, 0) is 35.0 Å². The molecule has 2 N–H and O–H groups in total. The SMILES string of the molecule is Cc1occc1C(N)c1cc(Br)c(Cl)s1. The first-order valence-corrected chi connectivity index (χ1v) is 6.32. The van der Waals surface area contributed by atoms with Crippen LogP contribution in [0.15, 0.2) is 27.3 Å². The topological polar surface area (TPSA) is 39.2 Å². The molecule has 0 spiro atoms. The quantitative estimate of drug-likeness (QED) is 0.906. The summed E-state index contributed by atoms with van der Waals surface area (Å²) in [6, 6.07) is 3.67. The van der Waals surface area contributed by atoms with Gasteiger partial charge in [0.2, 0.25) is 0 Å². The summed E-state index contributed by atoms with van der Waals surface area (Å²) in [6.07, 6.45) is 1.65. The average Bonchev–Trinajstić information content (AvgIpc) is 2.74. The number of hydrogen-bond acceptors (Lipinski definition) is 3. The fourth-order valence-corrected chi connectivity index (χ4v) is 3.14. The van der Waals surface area contributed by atoms with E-state index in [0.717, 1.165) is 25.0 Å². The minimum Gasteiger partial charge on any atom is -0.469 e. The predicted octanol–water partition coefficient (Wildman–Crippen LogP) is 4.11. The Morgan fingerprint density at radius 2 is 2.33 bits per heavy atom. The van der Waals surface area contributed by atoms with Crippen LogP contribution in [0.1, 0.15) is 22.2 Å². The van der Waals surface area contributed by atoms with Crippen molar-refractivity contribution >= 4 is 38.9 Å². The van der Waals surface area contributed by atoms with Gasteiger partial charge in [-0.1, -0.05) is 11.6 Å². The highest BCUT2D eigenvalue weighted by atomic mass is 79.9. The average molecular weight is 307 g/mol. The van der Waals surface area contributed by atoms with E-state index in [2.05, 4.69) is 15.9 Å². The molecule has 2 rings (SSSR count). The van der Waals surface area contributed by atoms with Crippen molar-refractivity contribution in [2.75, 3.05) is 0 Å². The summed E-state index contributed by atoms with van der Waals surface area (Å²) in [6.45, 7) is 1.90. The maximum Gasteiger partial charge on any atom is 0.107 e. The minimum absolute atomic E-state index is 0.169. The summed E-state index contributed by atoms with van der Waals surface area (Å²) in [4.78, 5) is 1.02. The molecule has 2 aromatic rings. The number of hydrogen-bond donors (Lipinski definition) is 1. The Hall–Kier alpha value is -0.290. The number of halogens is 2. The van der Waals surface area contributed by atoms with Gasteiger partial charge in [-0.3, -0.25) is 0 Å². The zero-order valence-corrected chi connectivity index (χ0v) is 11.1. The van der Waals surface area contributed by atoms with E-state index in [4.69, 9.17) is 21.8 Å². The van der Waals surface area contributed by atoms with Gasteiger partial charge in [-0.2, -0.15) is 0 Å². The lowest BCUT2D eigenvalue weighted by molar-refractivity contribution is 0.528. The molecule has 1 unspecified atom stereocenters. The maximum atomic E-state index is 6.11. The summed E-state index contributed by atoms with van der Waals surface area (Å²) in [5, 5.41) is 0. The van der Waals surface area contributed by atoms with Crippen molar-refractivity contribution in [1.29, 1.82) is 0 Å². The van der Waals surface area contributed by atoms with Crippen molar-refractivity contribution in [3.63, 3.8) is 0 Å². The Morgan fingerprint density at radius 1 is 1.60 bits per heavy atom. The Balaban J connectivity index is 2.36. The second-order valence-electron chi connectivity index (χ2n) is 3.18. The Bertz CT molecular complexity index is 460. The number of nitrogens with two attached hydrogens (primary N) is 1. The molecule has 0 fully saturated rings. The van der Waals surface area contributed by atoms with Gasteiger partial charge in [-0.15, -0.1) is 11.3 Å². The normalized spacial score (nSPS) is 13.1. The van der Waals surface area contributed by atoms with E-state index in [1.165, 1.54) is 11.3 Å². The van der Waals surface area contributed by atoms with E-state index >= 15 is 0 Å². The van der Waals surface area contributed by atoms with Crippen LogP contribution in [0.5, 0.6) is 0 Å². The molecule has 1 atom stereocenters. The van der Waals surface area contributed by atoms with Crippen molar-refractivity contribution in [2.24, 2.45) is 5.73 Å². The highest BCUT2D eigenvalue weighted by Gasteiger charge is 2.17. The molecule has 0 saturated carbocycles. The molecule has 0 radical (unpaired) electrons. The Morgan fingerprint density at radius 3 is 2.80 bits per heavy atom. The monoisotopic (exact) mass is 305 g/mol. The lowest BCUT2D eigenvalue weighted by Gasteiger charge is -2.07. The van der Waals surface area contributed by atoms with Gasteiger partial charge in [0.25, 0.3) is 0 Å². The molecule has 0 aliphatic rings. The van der Waals surface area contributed by atoms with Crippen LogP contribution in [0, 0.1) is 6.92 Å². The molecule has 2 nitrogen and oxygen atoms in total. The summed E-state index contributed by atoms with van der Waals surface area (Å²) in [5.41, 5.74) is 7.12. The van der Waals surface area contributed by atoms with Crippen LogP contribution in [-0.2, 0) is 0 Å². The smallest absolute Gasteiger partial charge is 0.107 e. The van der Waals surface area contributed by atoms with E-state index in [1.807, 2.05) is 19.1 Å². The van der Waals surface area contributed by atoms with Crippen molar-refractivity contribution < 1.29 is 4.42 Å². The predicted molar refractivity (Wildman–Crippen MR) is 66.5 cm³/mol. The van der Waals surface area contributed by atoms with Crippen molar-refractivity contribution in [2.45, 2.75) is 13.0 Å². The first-order chi connectivity index (χ1) is 7.09. The molecule has 0 aliphatic heterocycles. The number of furan rings is 1. The van der Waals surface area contributed by atoms with E-state index < -0.39 is 0 Å². The van der Waals surface area contributed by atoms with Crippen LogP contribution >= 0.6 is 38.9 Å². The minimum atomic E-state index is -0.169. The first-order valence-electron chi connectivity index (χ1n) is 4.34. The van der Waals surface area contributed by atoms with Gasteiger partial charge in [0.15, 0.2) is 0 Å². The highest BCUT2D eigenvalue weighted by Crippen LogP contribution is 2.37. The zero-order valence-electron chi connectivity index (χ0n) is 7.96. The van der Waals surface area contributed by atoms with Crippen LogP contribution in [0.3, 0.4) is 0 Å². The number of aryl methyl sites for hydroxylation is 1. The Labute approximate surface area is 105 Å². The molecular formula is C10H9BrClNOS. The number of rotatable bonds is 2. The molecule has 0 aliphatic carbocycles. The summed E-state index contributed by atoms with van der Waals surface area (Å²) < 4.78 is 6.84. The molecule has 2 aromatic heterocycles. The summed E-state index contributed by atoms with van der Waals surface area (Å²) in [5.74, 6) is 0.850. The van der Waals surface area contributed by atoms with E-state index in [1.54, 1.807) is 6.26 Å². The largest absolute Gasteiger partial charge is 0.469 e. The van der Waals surface area contributed by atoms with Crippen molar-refractivity contribution in [3.05, 3.63) is 43.4 Å². The number of thiophene rings is 1. The molecule has 0 amide bonds. The van der Waals surface area contributed by atoms with Gasteiger partial charge in [0.05, 0.1) is 12.3 Å². The molecular weight excluding hydrogens is 298 g/mol. The van der Waals surface area contributed by atoms with Crippen LogP contribution in [0.25, 0.3) is 0 Å². The summed E-state index contributed by atoms with van der Waals surface area (Å²) in [7, 11) is 0. The third-order valence-corrected chi connectivity index (χ3v) is 4.76. The second kappa shape index (κ2) is 4.29. The van der Waals surface area contributed by atoms with Gasteiger partial charge < -0.3 is 10.2 Å². The highest BCUT2D eigenvalue weighted by molar-refractivity contribution is 9.10. The van der Waals surface area contributed by atoms with Gasteiger partial charge in [0, 0.05) is 14.9 Å². The van der Waals surface area contributed by atoms with Gasteiger partial charge in [-0.25, -0.2) is 0 Å². The fourth-order valence-electron chi connectivity index (χ4n) is 1.39. The van der Waals surface area contributed by atoms with Crippen LogP contribution < -0.4 is 5.73 Å². The molecule has 0 aromatic carbocycles. The van der Waals surface area contributed by atoms with Crippen LogP contribution in [0.4, 0.5) is 0 Å². The fraction of sp³-hybridized carbons (Fsp3) is 0.200. The summed E-state index contributed by atoms with van der Waals surface area (Å²) >= 11 is 10.8. The lowest BCUT2D eigenvalue weighted by atomic mass is 10.1. The third kappa shape index (κ3) is 2.13.